The summed E-state index contributed by atoms with van der Waals surface area (Å²) in [6.45, 7) is 8.10. The van der Waals surface area contributed by atoms with E-state index in [1.807, 2.05) is 18.7 Å². The fourth-order valence-electron chi connectivity index (χ4n) is 1.17. The number of ether oxygens (including phenoxy) is 1. The molecule has 0 saturated heterocycles. The average Bonchev–Trinajstić information content (AvgIpc) is 2.11. The third-order valence-electron chi connectivity index (χ3n) is 1.86. The molecule has 0 aromatic rings. The van der Waals surface area contributed by atoms with Crippen molar-refractivity contribution >= 4 is 5.91 Å². The van der Waals surface area contributed by atoms with Crippen LogP contribution in [0.1, 0.15) is 27.2 Å². The highest BCUT2D eigenvalue weighted by Gasteiger charge is 2.15. The van der Waals surface area contributed by atoms with Gasteiger partial charge in [0.25, 0.3) is 0 Å². The summed E-state index contributed by atoms with van der Waals surface area (Å²) in [4.78, 5) is 13.5. The molecule has 0 aromatic heterocycles. The Kier molecular flexibility index (Phi) is 6.59. The molecule has 0 radical (unpaired) electrons. The van der Waals surface area contributed by atoms with Crippen LogP contribution in [0.4, 0.5) is 0 Å². The lowest BCUT2D eigenvalue weighted by Gasteiger charge is -2.23. The summed E-state index contributed by atoms with van der Waals surface area (Å²) in [5.74, 6) is 0.308. The second-order valence-corrected chi connectivity index (χ2v) is 3.47. The largest absolute Gasteiger partial charge is 0.383 e. The molecule has 0 N–H and O–H groups in total. The van der Waals surface area contributed by atoms with Crippen molar-refractivity contribution in [3.8, 4) is 0 Å². The maximum atomic E-state index is 11.6. The Labute approximate surface area is 81.1 Å². The van der Waals surface area contributed by atoms with Crippen LogP contribution in [0.15, 0.2) is 0 Å². The van der Waals surface area contributed by atoms with Gasteiger partial charge in [0.2, 0.25) is 5.91 Å². The van der Waals surface area contributed by atoms with Gasteiger partial charge in [0.05, 0.1) is 6.61 Å². The number of nitrogens with zero attached hydrogens (tertiary/aromatic N) is 1. The Balaban J connectivity index is 3.99. The molecular formula is C10H21NO2. The normalized spacial score (nSPS) is 10.5. The number of methoxy groups -OCH3 is 1. The van der Waals surface area contributed by atoms with Gasteiger partial charge in [-0.1, -0.05) is 20.8 Å². The van der Waals surface area contributed by atoms with Crippen LogP contribution < -0.4 is 0 Å². The van der Waals surface area contributed by atoms with Gasteiger partial charge in [-0.25, -0.2) is 0 Å². The predicted molar refractivity (Wildman–Crippen MR) is 53.6 cm³/mol. The smallest absolute Gasteiger partial charge is 0.225 e. The molecule has 1 amide bonds. The first-order valence-electron chi connectivity index (χ1n) is 4.91. The zero-order valence-electron chi connectivity index (χ0n) is 9.17. The highest BCUT2D eigenvalue weighted by Crippen LogP contribution is 2.02. The van der Waals surface area contributed by atoms with Gasteiger partial charge in [0.1, 0.15) is 0 Å². The van der Waals surface area contributed by atoms with Gasteiger partial charge < -0.3 is 9.64 Å². The Hall–Kier alpha value is -0.570. The molecule has 0 heterocycles. The van der Waals surface area contributed by atoms with Crippen LogP contribution in [-0.2, 0) is 9.53 Å². The van der Waals surface area contributed by atoms with Gasteiger partial charge in [0, 0.05) is 26.1 Å². The molecule has 0 aromatic carbocycles. The van der Waals surface area contributed by atoms with Crippen LogP contribution in [0.2, 0.25) is 0 Å². The van der Waals surface area contributed by atoms with Crippen molar-refractivity contribution in [2.24, 2.45) is 5.92 Å². The van der Waals surface area contributed by atoms with Gasteiger partial charge in [-0.05, 0) is 6.42 Å². The second kappa shape index (κ2) is 6.89. The summed E-state index contributed by atoms with van der Waals surface area (Å²) in [5.41, 5.74) is 0. The van der Waals surface area contributed by atoms with Crippen molar-refractivity contribution in [3.05, 3.63) is 0 Å². The van der Waals surface area contributed by atoms with E-state index in [0.717, 1.165) is 13.0 Å². The maximum absolute atomic E-state index is 11.6. The quantitative estimate of drug-likeness (QED) is 0.631. The lowest BCUT2D eigenvalue weighted by Crippen LogP contribution is -2.37. The average molecular weight is 187 g/mol. The SMILES string of the molecule is CCCN(CCOC)C(=O)C(C)C. The lowest BCUT2D eigenvalue weighted by atomic mass is 10.2. The van der Waals surface area contributed by atoms with E-state index < -0.39 is 0 Å². The minimum absolute atomic E-state index is 0.0865. The van der Waals surface area contributed by atoms with Gasteiger partial charge in [-0.3, -0.25) is 4.79 Å². The first kappa shape index (κ1) is 12.4. The van der Waals surface area contributed by atoms with Crippen molar-refractivity contribution in [1.82, 2.24) is 4.90 Å². The fourth-order valence-corrected chi connectivity index (χ4v) is 1.17. The summed E-state index contributed by atoms with van der Waals surface area (Å²) >= 11 is 0. The van der Waals surface area contributed by atoms with E-state index in [9.17, 15) is 4.79 Å². The minimum Gasteiger partial charge on any atom is -0.383 e. The standard InChI is InChI=1S/C10H21NO2/c1-5-6-11(7-8-13-4)10(12)9(2)3/h9H,5-8H2,1-4H3. The molecule has 3 heteroatoms. The van der Waals surface area contributed by atoms with E-state index in [1.54, 1.807) is 7.11 Å². The Morgan fingerprint density at radius 1 is 1.38 bits per heavy atom. The van der Waals surface area contributed by atoms with Gasteiger partial charge in [-0.2, -0.15) is 0 Å². The lowest BCUT2D eigenvalue weighted by molar-refractivity contribution is -0.135. The molecule has 0 aliphatic carbocycles. The number of amides is 1. The van der Waals surface area contributed by atoms with Gasteiger partial charge in [0.15, 0.2) is 0 Å². The zero-order valence-corrected chi connectivity index (χ0v) is 9.17. The number of hydrogen-bond donors (Lipinski definition) is 0. The van der Waals surface area contributed by atoms with E-state index in [1.165, 1.54) is 0 Å². The molecule has 0 bridgehead atoms. The van der Waals surface area contributed by atoms with E-state index in [2.05, 4.69) is 6.92 Å². The monoisotopic (exact) mass is 187 g/mol. The first-order valence-corrected chi connectivity index (χ1v) is 4.91. The van der Waals surface area contributed by atoms with Crippen LogP contribution in [0.3, 0.4) is 0 Å². The number of carbonyl (C=O) groups is 1. The van der Waals surface area contributed by atoms with Crippen LogP contribution in [0.5, 0.6) is 0 Å². The topological polar surface area (TPSA) is 29.5 Å². The summed E-state index contributed by atoms with van der Waals surface area (Å²) in [6, 6.07) is 0. The Bertz CT molecular complexity index is 146. The molecule has 3 nitrogen and oxygen atoms in total. The van der Waals surface area contributed by atoms with Crippen LogP contribution in [-0.4, -0.2) is 37.6 Å². The summed E-state index contributed by atoms with van der Waals surface area (Å²) in [6.07, 6.45) is 1.00. The van der Waals surface area contributed by atoms with Crippen molar-refractivity contribution in [2.45, 2.75) is 27.2 Å². The van der Waals surface area contributed by atoms with Crippen molar-refractivity contribution in [1.29, 1.82) is 0 Å². The van der Waals surface area contributed by atoms with E-state index in [-0.39, 0.29) is 11.8 Å². The van der Waals surface area contributed by atoms with E-state index >= 15 is 0 Å². The van der Waals surface area contributed by atoms with Crippen molar-refractivity contribution < 1.29 is 9.53 Å². The summed E-state index contributed by atoms with van der Waals surface area (Å²) in [7, 11) is 1.66. The second-order valence-electron chi connectivity index (χ2n) is 3.47. The summed E-state index contributed by atoms with van der Waals surface area (Å²) in [5, 5.41) is 0. The molecule has 78 valence electrons. The van der Waals surface area contributed by atoms with Gasteiger partial charge >= 0.3 is 0 Å². The minimum atomic E-state index is 0.0865. The molecule has 0 rings (SSSR count). The number of hydrogen-bond acceptors (Lipinski definition) is 2. The van der Waals surface area contributed by atoms with E-state index in [4.69, 9.17) is 4.74 Å². The van der Waals surface area contributed by atoms with Crippen molar-refractivity contribution in [2.75, 3.05) is 26.8 Å². The zero-order chi connectivity index (χ0) is 10.3. The highest BCUT2D eigenvalue weighted by molar-refractivity contribution is 5.78. The Morgan fingerprint density at radius 2 is 2.00 bits per heavy atom. The van der Waals surface area contributed by atoms with Crippen molar-refractivity contribution in [3.63, 3.8) is 0 Å². The van der Waals surface area contributed by atoms with Crippen LogP contribution in [0, 0.1) is 5.92 Å². The third kappa shape index (κ3) is 4.88. The predicted octanol–water partition coefficient (Wildman–Crippen LogP) is 1.53. The van der Waals surface area contributed by atoms with E-state index in [0.29, 0.717) is 13.2 Å². The highest BCUT2D eigenvalue weighted by atomic mass is 16.5. The maximum Gasteiger partial charge on any atom is 0.225 e. The fraction of sp³-hybridized carbons (Fsp3) is 0.900. The van der Waals surface area contributed by atoms with Gasteiger partial charge in [-0.15, -0.1) is 0 Å². The number of rotatable bonds is 6. The molecule has 13 heavy (non-hydrogen) atoms. The molecule has 0 aliphatic rings. The molecule has 0 atom stereocenters. The molecular weight excluding hydrogens is 166 g/mol. The first-order chi connectivity index (χ1) is 6.13. The molecule has 0 spiro atoms. The number of carbonyl (C=O) groups excluding carboxylic acids is 1. The Morgan fingerprint density at radius 3 is 2.38 bits per heavy atom. The molecule has 0 unspecified atom stereocenters. The molecule has 0 aliphatic heterocycles. The molecule has 0 saturated carbocycles. The van der Waals surface area contributed by atoms with Crippen LogP contribution in [0.25, 0.3) is 0 Å². The third-order valence-corrected chi connectivity index (χ3v) is 1.86. The molecule has 0 fully saturated rings. The summed E-state index contributed by atoms with van der Waals surface area (Å²) < 4.78 is 4.95. The van der Waals surface area contributed by atoms with Crippen LogP contribution >= 0.6 is 0 Å².